The van der Waals surface area contributed by atoms with Gasteiger partial charge in [-0.05, 0) is 52.5 Å². The first kappa shape index (κ1) is 14.2. The predicted octanol–water partition coefficient (Wildman–Crippen LogP) is 5.93. The van der Waals surface area contributed by atoms with Gasteiger partial charge in [-0.2, -0.15) is 0 Å². The van der Waals surface area contributed by atoms with Gasteiger partial charge in [-0.3, -0.25) is 9.55 Å². The molecule has 1 aliphatic rings. The van der Waals surface area contributed by atoms with E-state index in [0.717, 1.165) is 5.52 Å². The van der Waals surface area contributed by atoms with Gasteiger partial charge in [-0.25, -0.2) is 0 Å². The van der Waals surface area contributed by atoms with E-state index in [1.165, 1.54) is 33.4 Å². The Morgan fingerprint density at radius 2 is 1.79 bits per heavy atom. The van der Waals surface area contributed by atoms with Crippen LogP contribution in [0.5, 0.6) is 0 Å². The normalized spacial score (nSPS) is 22.3. The van der Waals surface area contributed by atoms with Crippen LogP contribution in [0.2, 0.25) is 0 Å². The lowest BCUT2D eigenvalue weighted by Crippen LogP contribution is -2.08. The summed E-state index contributed by atoms with van der Waals surface area (Å²) in [4.78, 5) is 6.08. The Hall–Kier alpha value is -2.13. The van der Waals surface area contributed by atoms with E-state index in [0.29, 0.717) is 5.41 Å². The summed E-state index contributed by atoms with van der Waals surface area (Å²) in [5.41, 5.74) is 5.66. The summed E-state index contributed by atoms with van der Waals surface area (Å²) in [6.45, 7) is 7.16. The molecule has 0 amide bonds. The van der Waals surface area contributed by atoms with Crippen LogP contribution in [-0.4, -0.2) is 9.55 Å². The van der Waals surface area contributed by atoms with Gasteiger partial charge in [0.2, 0.25) is 0 Å². The third-order valence-corrected chi connectivity index (χ3v) is 6.98. The number of para-hydroxylation sites is 1. The lowest BCUT2D eigenvalue weighted by molar-refractivity contribution is 0.532. The van der Waals surface area contributed by atoms with Crippen LogP contribution in [0.15, 0.2) is 54.0 Å². The minimum atomic E-state index is 0.262. The summed E-state index contributed by atoms with van der Waals surface area (Å²) >= 11 is 1.85. The van der Waals surface area contributed by atoms with Crippen LogP contribution in [0.4, 0.5) is 0 Å². The maximum atomic E-state index is 4.76. The third-order valence-electron chi connectivity index (χ3n) is 6.01. The van der Waals surface area contributed by atoms with Crippen molar-refractivity contribution in [3.8, 4) is 5.69 Å². The fraction of sp³-hybridized carbons (Fsp3) is 0.286. The first-order valence-corrected chi connectivity index (χ1v) is 9.33. The zero-order chi connectivity index (χ0) is 16.5. The largest absolute Gasteiger partial charge is 0.299 e. The summed E-state index contributed by atoms with van der Waals surface area (Å²) in [7, 11) is 0. The summed E-state index contributed by atoms with van der Waals surface area (Å²) in [6.07, 6.45) is 3.16. The van der Waals surface area contributed by atoms with Crippen molar-refractivity contribution in [3.63, 3.8) is 0 Å². The van der Waals surface area contributed by atoms with Gasteiger partial charge in [0.1, 0.15) is 4.83 Å². The number of fused-ring (bicyclic) bond motifs is 3. The third kappa shape index (κ3) is 1.68. The molecule has 0 radical (unpaired) electrons. The SMILES string of the molecule is CC1(C)CC1(C)c1csc2c1c1ncccc1n2-c1ccccc1. The van der Waals surface area contributed by atoms with Gasteiger partial charge >= 0.3 is 0 Å². The Balaban J connectivity index is 1.90. The fourth-order valence-electron chi connectivity index (χ4n) is 4.16. The van der Waals surface area contributed by atoms with Crippen LogP contribution in [0.25, 0.3) is 26.9 Å². The van der Waals surface area contributed by atoms with Gasteiger partial charge < -0.3 is 0 Å². The molecule has 1 fully saturated rings. The summed E-state index contributed by atoms with van der Waals surface area (Å²) in [6, 6.07) is 14.8. The molecular formula is C21H20N2S. The molecular weight excluding hydrogens is 312 g/mol. The van der Waals surface area contributed by atoms with Crippen molar-refractivity contribution in [2.45, 2.75) is 32.6 Å². The van der Waals surface area contributed by atoms with Crippen LogP contribution in [0, 0.1) is 5.41 Å². The number of rotatable bonds is 2. The standard InChI is InChI=1S/C21H20N2S/c1-20(2)13-21(20,3)15-12-24-19-17(15)18-16(10-7-11-22-18)23(19)14-8-5-4-6-9-14/h4-12H,13H2,1-3H3. The maximum absolute atomic E-state index is 4.76. The van der Waals surface area contributed by atoms with E-state index in [1.807, 2.05) is 23.6 Å². The van der Waals surface area contributed by atoms with Crippen molar-refractivity contribution in [3.05, 3.63) is 59.6 Å². The Bertz CT molecular complexity index is 1070. The lowest BCUT2D eigenvalue weighted by Gasteiger charge is -2.13. The first-order chi connectivity index (χ1) is 11.5. The second-order valence-electron chi connectivity index (χ2n) is 7.76. The van der Waals surface area contributed by atoms with Gasteiger partial charge in [0, 0.05) is 17.3 Å². The zero-order valence-corrected chi connectivity index (χ0v) is 15.0. The Labute approximate surface area is 145 Å². The summed E-state index contributed by atoms with van der Waals surface area (Å²) in [5.74, 6) is 0. The second-order valence-corrected chi connectivity index (χ2v) is 8.62. The molecule has 3 heteroatoms. The highest BCUT2D eigenvalue weighted by Gasteiger charge is 2.59. The van der Waals surface area contributed by atoms with Crippen LogP contribution >= 0.6 is 11.3 Å². The van der Waals surface area contributed by atoms with E-state index in [4.69, 9.17) is 4.98 Å². The summed E-state index contributed by atoms with van der Waals surface area (Å²) in [5, 5.41) is 3.72. The number of hydrogen-bond acceptors (Lipinski definition) is 2. The van der Waals surface area contributed by atoms with Crippen LogP contribution in [0.3, 0.4) is 0 Å². The minimum absolute atomic E-state index is 0.262. The molecule has 0 bridgehead atoms. The molecule has 24 heavy (non-hydrogen) atoms. The molecule has 5 rings (SSSR count). The smallest absolute Gasteiger partial charge is 0.110 e. The molecule has 4 aromatic rings. The molecule has 0 saturated heterocycles. The monoisotopic (exact) mass is 332 g/mol. The maximum Gasteiger partial charge on any atom is 0.110 e. The number of thiophene rings is 1. The first-order valence-electron chi connectivity index (χ1n) is 8.45. The number of aromatic nitrogens is 2. The highest BCUT2D eigenvalue weighted by atomic mass is 32.1. The van der Waals surface area contributed by atoms with Gasteiger partial charge in [-0.15, -0.1) is 11.3 Å². The Kier molecular flexibility index (Phi) is 2.66. The van der Waals surface area contributed by atoms with Crippen LogP contribution in [-0.2, 0) is 5.41 Å². The van der Waals surface area contributed by atoms with E-state index in [1.54, 1.807) is 0 Å². The molecule has 1 aliphatic carbocycles. The fourth-order valence-corrected chi connectivity index (χ4v) is 5.40. The molecule has 3 aromatic heterocycles. The second kappa shape index (κ2) is 4.48. The zero-order valence-electron chi connectivity index (χ0n) is 14.2. The number of nitrogens with zero attached hydrogens (tertiary/aromatic N) is 2. The van der Waals surface area contributed by atoms with Gasteiger partial charge in [0.25, 0.3) is 0 Å². The molecule has 3 heterocycles. The molecule has 0 spiro atoms. The molecule has 0 aliphatic heterocycles. The lowest BCUT2D eigenvalue weighted by atomic mass is 9.90. The van der Waals surface area contributed by atoms with Gasteiger partial charge in [-0.1, -0.05) is 39.0 Å². The topological polar surface area (TPSA) is 17.8 Å². The van der Waals surface area contributed by atoms with Crippen molar-refractivity contribution >= 4 is 32.6 Å². The van der Waals surface area contributed by atoms with Gasteiger partial charge in [0.15, 0.2) is 0 Å². The minimum Gasteiger partial charge on any atom is -0.299 e. The van der Waals surface area contributed by atoms with Crippen molar-refractivity contribution in [2.24, 2.45) is 5.41 Å². The molecule has 2 nitrogen and oxygen atoms in total. The average molecular weight is 332 g/mol. The van der Waals surface area contributed by atoms with Crippen molar-refractivity contribution < 1.29 is 0 Å². The highest BCUT2D eigenvalue weighted by molar-refractivity contribution is 7.17. The molecule has 1 aromatic carbocycles. The van der Waals surface area contributed by atoms with Crippen LogP contribution < -0.4 is 0 Å². The van der Waals surface area contributed by atoms with E-state index in [-0.39, 0.29) is 5.41 Å². The molecule has 1 atom stereocenters. The molecule has 1 unspecified atom stereocenters. The van der Waals surface area contributed by atoms with Crippen molar-refractivity contribution in [1.82, 2.24) is 9.55 Å². The number of pyridine rings is 1. The molecule has 1 saturated carbocycles. The highest BCUT2D eigenvalue weighted by Crippen LogP contribution is 2.66. The Morgan fingerprint density at radius 1 is 1.04 bits per heavy atom. The average Bonchev–Trinajstić information content (AvgIpc) is 2.94. The predicted molar refractivity (Wildman–Crippen MR) is 102 cm³/mol. The summed E-state index contributed by atoms with van der Waals surface area (Å²) < 4.78 is 2.37. The Morgan fingerprint density at radius 3 is 2.50 bits per heavy atom. The van der Waals surface area contributed by atoms with E-state index in [9.17, 15) is 0 Å². The van der Waals surface area contributed by atoms with Crippen LogP contribution in [0.1, 0.15) is 32.8 Å². The van der Waals surface area contributed by atoms with E-state index in [2.05, 4.69) is 67.1 Å². The number of benzene rings is 1. The molecule has 120 valence electrons. The quantitative estimate of drug-likeness (QED) is 0.445. The van der Waals surface area contributed by atoms with Crippen molar-refractivity contribution in [1.29, 1.82) is 0 Å². The van der Waals surface area contributed by atoms with Crippen molar-refractivity contribution in [2.75, 3.05) is 0 Å². The number of hydrogen-bond donors (Lipinski definition) is 0. The van der Waals surface area contributed by atoms with E-state index >= 15 is 0 Å². The van der Waals surface area contributed by atoms with E-state index < -0.39 is 0 Å². The molecule has 0 N–H and O–H groups in total. The van der Waals surface area contributed by atoms with Gasteiger partial charge in [0.05, 0.1) is 11.0 Å².